The van der Waals surface area contributed by atoms with Crippen LogP contribution in [0.15, 0.2) is 42.7 Å². The number of hydrogen-bond acceptors (Lipinski definition) is 3. The van der Waals surface area contributed by atoms with Crippen molar-refractivity contribution in [1.29, 1.82) is 0 Å². The van der Waals surface area contributed by atoms with Gasteiger partial charge in [0, 0.05) is 12.4 Å². The number of aromatic carboxylic acids is 1. The van der Waals surface area contributed by atoms with Crippen LogP contribution in [0.1, 0.15) is 10.5 Å². The van der Waals surface area contributed by atoms with Crippen molar-refractivity contribution < 1.29 is 14.3 Å². The lowest BCUT2D eigenvalue weighted by Crippen LogP contribution is -1.98. The van der Waals surface area contributed by atoms with Crippen LogP contribution in [-0.2, 0) is 0 Å². The minimum absolute atomic E-state index is 0.188. The topological polar surface area (TPSA) is 67.5 Å². The van der Waals surface area contributed by atoms with Crippen molar-refractivity contribution in [2.45, 2.75) is 0 Å². The zero-order valence-corrected chi connectivity index (χ0v) is 9.62. The molecule has 6 heteroatoms. The Morgan fingerprint density at radius 3 is 2.79 bits per heavy atom. The van der Waals surface area contributed by atoms with Gasteiger partial charge in [0.25, 0.3) is 0 Å². The van der Waals surface area contributed by atoms with E-state index in [0.29, 0.717) is 0 Å². The maximum absolute atomic E-state index is 13.8. The lowest BCUT2D eigenvalue weighted by atomic mass is 10.2. The van der Waals surface area contributed by atoms with Crippen molar-refractivity contribution in [1.82, 2.24) is 14.4 Å². The van der Waals surface area contributed by atoms with E-state index in [4.69, 9.17) is 5.11 Å². The van der Waals surface area contributed by atoms with Gasteiger partial charge in [0.05, 0.1) is 5.56 Å². The van der Waals surface area contributed by atoms with Gasteiger partial charge in [-0.1, -0.05) is 12.1 Å². The normalized spacial score (nSPS) is 10.8. The number of carboxylic acids is 1. The van der Waals surface area contributed by atoms with E-state index >= 15 is 0 Å². The molecule has 3 aromatic rings. The van der Waals surface area contributed by atoms with Crippen LogP contribution in [-0.4, -0.2) is 25.4 Å². The maximum Gasteiger partial charge on any atom is 0.358 e. The van der Waals surface area contributed by atoms with Crippen molar-refractivity contribution in [2.75, 3.05) is 0 Å². The largest absolute Gasteiger partial charge is 0.476 e. The minimum Gasteiger partial charge on any atom is -0.476 e. The first-order valence-corrected chi connectivity index (χ1v) is 5.50. The molecule has 0 atom stereocenters. The predicted molar refractivity (Wildman–Crippen MR) is 65.3 cm³/mol. The quantitative estimate of drug-likeness (QED) is 0.764. The summed E-state index contributed by atoms with van der Waals surface area (Å²) >= 11 is 0. The van der Waals surface area contributed by atoms with Crippen molar-refractivity contribution in [3.05, 3.63) is 54.2 Å². The molecule has 2 aromatic heterocycles. The highest BCUT2D eigenvalue weighted by Gasteiger charge is 2.19. The van der Waals surface area contributed by atoms with E-state index < -0.39 is 11.8 Å². The van der Waals surface area contributed by atoms with Crippen LogP contribution in [0.2, 0.25) is 0 Å². The highest BCUT2D eigenvalue weighted by Crippen LogP contribution is 2.23. The molecular weight excluding hydrogens is 249 g/mol. The Bertz CT molecular complexity index is 782. The van der Waals surface area contributed by atoms with E-state index in [1.165, 1.54) is 16.7 Å². The highest BCUT2D eigenvalue weighted by atomic mass is 19.1. The number of hydrogen-bond donors (Lipinski definition) is 1. The number of carboxylic acid groups (broad SMARTS) is 1. The van der Waals surface area contributed by atoms with Gasteiger partial charge in [0.2, 0.25) is 0 Å². The maximum atomic E-state index is 13.8. The van der Waals surface area contributed by atoms with E-state index in [1.54, 1.807) is 30.5 Å². The Morgan fingerprint density at radius 2 is 2.05 bits per heavy atom. The molecule has 0 bridgehead atoms. The average Bonchev–Trinajstić information content (AvgIpc) is 2.79. The second-order valence-electron chi connectivity index (χ2n) is 3.88. The van der Waals surface area contributed by atoms with Crippen LogP contribution in [0.25, 0.3) is 17.0 Å². The zero-order chi connectivity index (χ0) is 13.4. The Balaban J connectivity index is 2.37. The Kier molecular flexibility index (Phi) is 2.49. The zero-order valence-electron chi connectivity index (χ0n) is 9.62. The van der Waals surface area contributed by atoms with Crippen LogP contribution in [0, 0.1) is 5.82 Å². The van der Waals surface area contributed by atoms with Crippen LogP contribution in [0.3, 0.4) is 0 Å². The lowest BCUT2D eigenvalue weighted by molar-refractivity contribution is 0.0693. The second kappa shape index (κ2) is 4.16. The van der Waals surface area contributed by atoms with Crippen molar-refractivity contribution in [3.63, 3.8) is 0 Å². The summed E-state index contributed by atoms with van der Waals surface area (Å²) in [4.78, 5) is 19.1. The van der Waals surface area contributed by atoms with Crippen LogP contribution >= 0.6 is 0 Å². The van der Waals surface area contributed by atoms with Gasteiger partial charge >= 0.3 is 5.97 Å². The first-order valence-electron chi connectivity index (χ1n) is 5.50. The fraction of sp³-hybridized carbons (Fsp3) is 0. The van der Waals surface area contributed by atoms with Gasteiger partial charge in [-0.15, -0.1) is 0 Å². The summed E-state index contributed by atoms with van der Waals surface area (Å²) in [6.07, 6.45) is 3.07. The van der Waals surface area contributed by atoms with Gasteiger partial charge in [-0.2, -0.15) is 0 Å². The van der Waals surface area contributed by atoms with Gasteiger partial charge < -0.3 is 5.11 Å². The number of carbonyl (C=O) groups is 1. The molecular formula is C13H8FN3O2. The third kappa shape index (κ3) is 1.74. The Labute approximate surface area is 107 Å². The third-order valence-electron chi connectivity index (χ3n) is 2.72. The monoisotopic (exact) mass is 257 g/mol. The lowest BCUT2D eigenvalue weighted by Gasteiger charge is -2.01. The summed E-state index contributed by atoms with van der Waals surface area (Å²) in [6, 6.07) is 7.70. The number of rotatable bonds is 2. The van der Waals surface area contributed by atoms with Gasteiger partial charge in [0.1, 0.15) is 11.6 Å². The fourth-order valence-corrected chi connectivity index (χ4v) is 1.90. The molecule has 0 fully saturated rings. The van der Waals surface area contributed by atoms with Crippen molar-refractivity contribution in [2.24, 2.45) is 0 Å². The van der Waals surface area contributed by atoms with Crippen molar-refractivity contribution in [3.8, 4) is 11.4 Å². The van der Waals surface area contributed by atoms with Crippen LogP contribution < -0.4 is 0 Å². The molecule has 0 amide bonds. The molecule has 0 spiro atoms. The smallest absolute Gasteiger partial charge is 0.358 e. The van der Waals surface area contributed by atoms with Crippen molar-refractivity contribution >= 4 is 11.6 Å². The summed E-state index contributed by atoms with van der Waals surface area (Å²) in [5, 5.41) is 9.10. The molecule has 94 valence electrons. The van der Waals surface area contributed by atoms with Gasteiger partial charge in [-0.25, -0.2) is 19.2 Å². The molecule has 0 saturated heterocycles. The number of halogens is 1. The first-order chi connectivity index (χ1) is 9.18. The second-order valence-corrected chi connectivity index (χ2v) is 3.88. The molecule has 0 aliphatic carbocycles. The fourth-order valence-electron chi connectivity index (χ4n) is 1.90. The van der Waals surface area contributed by atoms with E-state index in [1.807, 2.05) is 0 Å². The summed E-state index contributed by atoms with van der Waals surface area (Å²) < 4.78 is 15.3. The van der Waals surface area contributed by atoms with E-state index in [9.17, 15) is 9.18 Å². The molecule has 5 nitrogen and oxygen atoms in total. The van der Waals surface area contributed by atoms with E-state index in [0.717, 1.165) is 0 Å². The first kappa shape index (κ1) is 11.3. The standard InChI is InChI=1S/C13H8FN3O2/c14-9-5-2-1-4-8(9)11-16-10(13(18)19)12-15-6-3-7-17(11)12/h1-7H,(H,18,19). The number of nitrogens with zero attached hydrogens (tertiary/aromatic N) is 3. The summed E-state index contributed by atoms with van der Waals surface area (Å²) in [5.74, 6) is -1.44. The molecule has 19 heavy (non-hydrogen) atoms. The summed E-state index contributed by atoms with van der Waals surface area (Å²) in [5.41, 5.74) is 0.227. The summed E-state index contributed by atoms with van der Waals surface area (Å²) in [6.45, 7) is 0. The molecule has 0 aliphatic rings. The number of imidazole rings is 1. The Morgan fingerprint density at radius 1 is 1.26 bits per heavy atom. The van der Waals surface area contributed by atoms with E-state index in [2.05, 4.69) is 9.97 Å². The minimum atomic E-state index is -1.20. The molecule has 0 aliphatic heterocycles. The SMILES string of the molecule is O=C(O)c1nc(-c2ccccc2F)n2cccnc12. The average molecular weight is 257 g/mol. The molecule has 1 N–H and O–H groups in total. The third-order valence-corrected chi connectivity index (χ3v) is 2.72. The van der Waals surface area contributed by atoms with Gasteiger partial charge in [0.15, 0.2) is 11.3 Å². The summed E-state index contributed by atoms with van der Waals surface area (Å²) in [7, 11) is 0. The molecule has 0 saturated carbocycles. The number of benzene rings is 1. The van der Waals surface area contributed by atoms with E-state index in [-0.39, 0.29) is 22.7 Å². The molecule has 0 radical (unpaired) electrons. The highest BCUT2D eigenvalue weighted by molar-refractivity contribution is 5.93. The predicted octanol–water partition coefficient (Wildman–Crippen LogP) is 2.23. The molecule has 0 unspecified atom stereocenters. The molecule has 1 aromatic carbocycles. The number of fused-ring (bicyclic) bond motifs is 1. The number of aromatic nitrogens is 3. The molecule has 3 rings (SSSR count). The van der Waals surface area contributed by atoms with Gasteiger partial charge in [-0.3, -0.25) is 4.40 Å². The van der Waals surface area contributed by atoms with Crippen LogP contribution in [0.5, 0.6) is 0 Å². The van der Waals surface area contributed by atoms with Gasteiger partial charge in [-0.05, 0) is 18.2 Å². The molecule has 2 heterocycles. The Hall–Kier alpha value is -2.76. The van der Waals surface area contributed by atoms with Crippen LogP contribution in [0.4, 0.5) is 4.39 Å².